The maximum absolute atomic E-state index is 5.66. The van der Waals surface area contributed by atoms with Crippen LogP contribution in [0.1, 0.15) is 26.7 Å². The minimum absolute atomic E-state index is 0.359. The first kappa shape index (κ1) is 11.0. The van der Waals surface area contributed by atoms with E-state index in [2.05, 4.69) is 19.2 Å². The van der Waals surface area contributed by atoms with Crippen molar-refractivity contribution in [2.75, 3.05) is 26.4 Å². The van der Waals surface area contributed by atoms with Gasteiger partial charge < -0.3 is 14.8 Å². The third kappa shape index (κ3) is 4.07. The van der Waals surface area contributed by atoms with Crippen LogP contribution in [0.25, 0.3) is 0 Å². The molecule has 1 saturated heterocycles. The second-order valence-corrected chi connectivity index (χ2v) is 3.54. The zero-order valence-electron chi connectivity index (χ0n) is 8.71. The molecule has 0 radical (unpaired) electrons. The first-order chi connectivity index (χ1) is 6.36. The second kappa shape index (κ2) is 6.35. The van der Waals surface area contributed by atoms with Gasteiger partial charge in [-0.05, 0) is 13.0 Å². The van der Waals surface area contributed by atoms with Gasteiger partial charge in [-0.1, -0.05) is 20.3 Å². The summed E-state index contributed by atoms with van der Waals surface area (Å²) in [5.41, 5.74) is 0. The van der Waals surface area contributed by atoms with Crippen LogP contribution in [-0.2, 0) is 9.47 Å². The fourth-order valence-corrected chi connectivity index (χ4v) is 1.44. The number of hydrogen-bond donors (Lipinski definition) is 1. The first-order valence-corrected chi connectivity index (χ1v) is 5.29. The van der Waals surface area contributed by atoms with E-state index in [-0.39, 0.29) is 0 Å². The van der Waals surface area contributed by atoms with Gasteiger partial charge in [0.25, 0.3) is 0 Å². The quantitative estimate of drug-likeness (QED) is 0.649. The highest BCUT2D eigenvalue weighted by molar-refractivity contribution is 4.69. The molecule has 3 heteroatoms. The molecule has 1 aliphatic heterocycles. The summed E-state index contributed by atoms with van der Waals surface area (Å²) < 4.78 is 10.7. The van der Waals surface area contributed by atoms with Crippen LogP contribution in [-0.4, -0.2) is 38.5 Å². The van der Waals surface area contributed by atoms with Gasteiger partial charge in [0.15, 0.2) is 0 Å². The molecule has 0 amide bonds. The predicted molar refractivity (Wildman–Crippen MR) is 52.9 cm³/mol. The average Bonchev–Trinajstić information content (AvgIpc) is 2.02. The minimum Gasteiger partial charge on any atom is -0.376 e. The van der Waals surface area contributed by atoms with E-state index in [1.54, 1.807) is 0 Å². The van der Waals surface area contributed by atoms with E-state index in [0.29, 0.717) is 12.1 Å². The highest BCUT2D eigenvalue weighted by Gasteiger charge is 2.20. The molecule has 1 atom stereocenters. The molecule has 1 aliphatic rings. The number of nitrogens with one attached hydrogen (secondary N) is 1. The van der Waals surface area contributed by atoms with Crippen LogP contribution in [0.4, 0.5) is 0 Å². The van der Waals surface area contributed by atoms with Crippen molar-refractivity contribution in [2.45, 2.75) is 38.8 Å². The largest absolute Gasteiger partial charge is 0.376 e. The van der Waals surface area contributed by atoms with Gasteiger partial charge in [-0.15, -0.1) is 0 Å². The van der Waals surface area contributed by atoms with E-state index < -0.39 is 0 Å². The predicted octanol–water partition coefficient (Wildman–Crippen LogP) is 1.18. The van der Waals surface area contributed by atoms with Crippen LogP contribution in [0, 0.1) is 0 Å². The van der Waals surface area contributed by atoms with Crippen molar-refractivity contribution < 1.29 is 9.47 Å². The Morgan fingerprint density at radius 2 is 2.23 bits per heavy atom. The smallest absolute Gasteiger partial charge is 0.104 e. The molecule has 0 bridgehead atoms. The maximum Gasteiger partial charge on any atom is 0.104 e. The number of rotatable bonds is 7. The molecule has 13 heavy (non-hydrogen) atoms. The summed E-state index contributed by atoms with van der Waals surface area (Å²) in [5.74, 6) is 0. The van der Waals surface area contributed by atoms with E-state index >= 15 is 0 Å². The molecule has 78 valence electrons. The van der Waals surface area contributed by atoms with Gasteiger partial charge in [0.2, 0.25) is 0 Å². The van der Waals surface area contributed by atoms with E-state index in [1.807, 2.05) is 0 Å². The van der Waals surface area contributed by atoms with Crippen LogP contribution in [0.5, 0.6) is 0 Å². The summed E-state index contributed by atoms with van der Waals surface area (Å²) in [6.45, 7) is 7.76. The lowest BCUT2D eigenvalue weighted by molar-refractivity contribution is -0.133. The maximum atomic E-state index is 5.66. The number of ether oxygens (including phenoxy) is 2. The Labute approximate surface area is 80.8 Å². The summed E-state index contributed by atoms with van der Waals surface area (Å²) in [7, 11) is 0. The van der Waals surface area contributed by atoms with Gasteiger partial charge in [0, 0.05) is 6.04 Å². The Morgan fingerprint density at radius 3 is 2.69 bits per heavy atom. The van der Waals surface area contributed by atoms with Crippen molar-refractivity contribution in [2.24, 2.45) is 0 Å². The molecule has 0 aromatic carbocycles. The Kier molecular flexibility index (Phi) is 5.35. The summed E-state index contributed by atoms with van der Waals surface area (Å²) in [6.07, 6.45) is 2.77. The Bertz CT molecular complexity index is 120. The molecule has 1 fully saturated rings. The molecular formula is C10H21NO2. The topological polar surface area (TPSA) is 30.5 Å². The second-order valence-electron chi connectivity index (χ2n) is 3.54. The van der Waals surface area contributed by atoms with Crippen LogP contribution in [0.3, 0.4) is 0 Å². The molecule has 0 spiro atoms. The Hall–Kier alpha value is -0.120. The first-order valence-electron chi connectivity index (χ1n) is 5.29. The Morgan fingerprint density at radius 1 is 1.46 bits per heavy atom. The van der Waals surface area contributed by atoms with Crippen molar-refractivity contribution in [3.8, 4) is 0 Å². The zero-order valence-corrected chi connectivity index (χ0v) is 8.71. The highest BCUT2D eigenvalue weighted by atomic mass is 16.6. The van der Waals surface area contributed by atoms with Crippen LogP contribution in [0.2, 0.25) is 0 Å². The third-order valence-corrected chi connectivity index (χ3v) is 2.27. The average molecular weight is 187 g/mol. The minimum atomic E-state index is 0.359. The van der Waals surface area contributed by atoms with Gasteiger partial charge in [-0.2, -0.15) is 0 Å². The summed E-state index contributed by atoms with van der Waals surface area (Å²) in [6, 6.07) is 0.524. The molecule has 1 N–H and O–H groups in total. The molecule has 0 aliphatic carbocycles. The number of hydrogen-bond acceptors (Lipinski definition) is 3. The van der Waals surface area contributed by atoms with Gasteiger partial charge in [-0.25, -0.2) is 0 Å². The van der Waals surface area contributed by atoms with Crippen molar-refractivity contribution in [1.82, 2.24) is 5.32 Å². The van der Waals surface area contributed by atoms with Crippen molar-refractivity contribution >= 4 is 0 Å². The molecule has 0 saturated carbocycles. The fourth-order valence-electron chi connectivity index (χ4n) is 1.44. The van der Waals surface area contributed by atoms with Crippen LogP contribution >= 0.6 is 0 Å². The molecule has 1 rings (SSSR count). The summed E-state index contributed by atoms with van der Waals surface area (Å²) in [5, 5.41) is 3.42. The molecule has 1 heterocycles. The van der Waals surface area contributed by atoms with Gasteiger partial charge in [0.1, 0.15) is 6.10 Å². The monoisotopic (exact) mass is 187 g/mol. The number of likely N-dealkylation sites (N-methyl/N-ethyl adjacent to an activating group) is 1. The van der Waals surface area contributed by atoms with E-state index in [4.69, 9.17) is 9.47 Å². The molecule has 0 aromatic rings. The lowest BCUT2D eigenvalue weighted by Crippen LogP contribution is -2.41. The van der Waals surface area contributed by atoms with Crippen molar-refractivity contribution in [1.29, 1.82) is 0 Å². The van der Waals surface area contributed by atoms with Crippen LogP contribution < -0.4 is 5.32 Å². The van der Waals surface area contributed by atoms with Crippen molar-refractivity contribution in [3.63, 3.8) is 0 Å². The van der Waals surface area contributed by atoms with E-state index in [9.17, 15) is 0 Å². The fraction of sp³-hybridized carbons (Fsp3) is 1.00. The van der Waals surface area contributed by atoms with Crippen LogP contribution in [0.15, 0.2) is 0 Å². The molecular weight excluding hydrogens is 166 g/mol. The van der Waals surface area contributed by atoms with Gasteiger partial charge in [-0.3, -0.25) is 0 Å². The molecule has 0 aromatic heterocycles. The normalized spacial score (nSPS) is 19.8. The zero-order chi connectivity index (χ0) is 9.52. The summed E-state index contributed by atoms with van der Waals surface area (Å²) in [4.78, 5) is 0. The van der Waals surface area contributed by atoms with Crippen molar-refractivity contribution in [3.05, 3.63) is 0 Å². The lowest BCUT2D eigenvalue weighted by Gasteiger charge is -2.28. The Balaban J connectivity index is 2.05. The highest BCUT2D eigenvalue weighted by Crippen LogP contribution is 2.07. The molecule has 1 unspecified atom stereocenters. The SMILES string of the molecule is CCCC(COC1COC1)NCC. The van der Waals surface area contributed by atoms with E-state index in [1.165, 1.54) is 12.8 Å². The lowest BCUT2D eigenvalue weighted by atomic mass is 10.2. The third-order valence-electron chi connectivity index (χ3n) is 2.27. The summed E-state index contributed by atoms with van der Waals surface area (Å²) >= 11 is 0. The van der Waals surface area contributed by atoms with Gasteiger partial charge >= 0.3 is 0 Å². The van der Waals surface area contributed by atoms with E-state index in [0.717, 1.165) is 26.4 Å². The standard InChI is InChI=1S/C10H21NO2/c1-3-5-9(11-4-2)6-13-10-7-12-8-10/h9-11H,3-8H2,1-2H3. The molecule has 3 nitrogen and oxygen atoms in total. The van der Waals surface area contributed by atoms with Gasteiger partial charge in [0.05, 0.1) is 19.8 Å².